The highest BCUT2D eigenvalue weighted by Gasteiger charge is 2.04. The van der Waals surface area contributed by atoms with E-state index in [-0.39, 0.29) is 5.75 Å². The van der Waals surface area contributed by atoms with E-state index >= 15 is 0 Å². The smallest absolute Gasteiger partial charge is 0.133 e. The summed E-state index contributed by atoms with van der Waals surface area (Å²) in [4.78, 5) is 5.38. The molecule has 76 valence electrons. The fraction of sp³-hybridized carbons (Fsp3) is 0.0833. The van der Waals surface area contributed by atoms with Crippen LogP contribution in [0.15, 0.2) is 47.5 Å². The number of benzene rings is 1. The molecule has 1 aromatic carbocycles. The molecular formula is C12H11NOS. The molecule has 0 radical (unpaired) electrons. The van der Waals surface area contributed by atoms with E-state index in [0.29, 0.717) is 0 Å². The number of aromatic hydroxyl groups is 1. The summed E-state index contributed by atoms with van der Waals surface area (Å²) in [5, 5.41) is 9.16. The van der Waals surface area contributed by atoms with E-state index in [1.807, 2.05) is 30.5 Å². The topological polar surface area (TPSA) is 33.1 Å². The molecule has 3 heteroatoms. The van der Waals surface area contributed by atoms with Crippen molar-refractivity contribution in [1.29, 1.82) is 0 Å². The molecule has 0 fully saturated rings. The molecule has 0 aliphatic heterocycles. The molecule has 0 saturated heterocycles. The van der Waals surface area contributed by atoms with Crippen molar-refractivity contribution in [1.82, 2.24) is 4.98 Å². The average Bonchev–Trinajstić information content (AvgIpc) is 2.30. The van der Waals surface area contributed by atoms with Crippen molar-refractivity contribution < 1.29 is 5.11 Å². The molecule has 0 aliphatic rings. The summed E-state index contributed by atoms with van der Waals surface area (Å²) in [6.45, 7) is 0. The fourth-order valence-corrected chi connectivity index (χ4v) is 2.01. The lowest BCUT2D eigenvalue weighted by atomic mass is 10.1. The zero-order valence-electron chi connectivity index (χ0n) is 8.34. The first-order valence-electron chi connectivity index (χ1n) is 4.59. The molecule has 2 nitrogen and oxygen atoms in total. The van der Waals surface area contributed by atoms with Gasteiger partial charge in [-0.2, -0.15) is 0 Å². The monoisotopic (exact) mass is 217 g/mol. The molecule has 2 rings (SSSR count). The number of thioether (sulfide) groups is 1. The van der Waals surface area contributed by atoms with Crippen molar-refractivity contribution in [3.05, 3.63) is 42.6 Å². The van der Waals surface area contributed by atoms with E-state index in [1.54, 1.807) is 17.8 Å². The van der Waals surface area contributed by atoms with Crippen LogP contribution in [-0.2, 0) is 0 Å². The second-order valence-corrected chi connectivity index (χ2v) is 3.95. The SMILES string of the molecule is CSc1ccccc1-c1ccc(O)cn1. The molecule has 0 saturated carbocycles. The number of aromatic nitrogens is 1. The highest BCUT2D eigenvalue weighted by Crippen LogP contribution is 2.28. The lowest BCUT2D eigenvalue weighted by molar-refractivity contribution is 0.473. The third-order valence-electron chi connectivity index (χ3n) is 2.13. The van der Waals surface area contributed by atoms with Gasteiger partial charge in [-0.3, -0.25) is 4.98 Å². The number of rotatable bonds is 2. The summed E-state index contributed by atoms with van der Waals surface area (Å²) >= 11 is 1.69. The van der Waals surface area contributed by atoms with Gasteiger partial charge in [-0.25, -0.2) is 0 Å². The Hall–Kier alpha value is -1.48. The van der Waals surface area contributed by atoms with Crippen LogP contribution in [-0.4, -0.2) is 16.3 Å². The van der Waals surface area contributed by atoms with Crippen molar-refractivity contribution in [2.24, 2.45) is 0 Å². The summed E-state index contributed by atoms with van der Waals surface area (Å²) in [6, 6.07) is 11.6. The highest BCUT2D eigenvalue weighted by atomic mass is 32.2. The molecule has 2 aromatic rings. The number of pyridine rings is 1. The first kappa shape index (κ1) is 10.1. The van der Waals surface area contributed by atoms with Crippen molar-refractivity contribution in [3.63, 3.8) is 0 Å². The Labute approximate surface area is 93.0 Å². The Morgan fingerprint density at radius 2 is 1.93 bits per heavy atom. The van der Waals surface area contributed by atoms with Gasteiger partial charge < -0.3 is 5.11 Å². The van der Waals surface area contributed by atoms with Crippen LogP contribution >= 0.6 is 11.8 Å². The third-order valence-corrected chi connectivity index (χ3v) is 2.93. The predicted molar refractivity (Wildman–Crippen MR) is 63.1 cm³/mol. The maximum atomic E-state index is 9.16. The van der Waals surface area contributed by atoms with Crippen molar-refractivity contribution in [2.45, 2.75) is 4.90 Å². The first-order chi connectivity index (χ1) is 7.31. The zero-order chi connectivity index (χ0) is 10.7. The van der Waals surface area contributed by atoms with Crippen LogP contribution < -0.4 is 0 Å². The minimum absolute atomic E-state index is 0.195. The van der Waals surface area contributed by atoms with E-state index in [0.717, 1.165) is 11.3 Å². The lowest BCUT2D eigenvalue weighted by Gasteiger charge is -2.05. The van der Waals surface area contributed by atoms with Gasteiger partial charge in [0, 0.05) is 10.5 Å². The Kier molecular flexibility index (Phi) is 2.92. The van der Waals surface area contributed by atoms with Crippen LogP contribution in [0, 0.1) is 0 Å². The van der Waals surface area contributed by atoms with Gasteiger partial charge in [-0.05, 0) is 24.5 Å². The van der Waals surface area contributed by atoms with Gasteiger partial charge in [-0.1, -0.05) is 18.2 Å². The Morgan fingerprint density at radius 3 is 2.60 bits per heavy atom. The molecule has 0 spiro atoms. The summed E-state index contributed by atoms with van der Waals surface area (Å²) in [5.74, 6) is 0.195. The van der Waals surface area contributed by atoms with Crippen LogP contribution in [0.25, 0.3) is 11.3 Å². The second-order valence-electron chi connectivity index (χ2n) is 3.10. The lowest BCUT2D eigenvalue weighted by Crippen LogP contribution is -1.84. The molecule has 0 atom stereocenters. The van der Waals surface area contributed by atoms with Crippen LogP contribution in [0.1, 0.15) is 0 Å². The van der Waals surface area contributed by atoms with Crippen molar-refractivity contribution in [2.75, 3.05) is 6.26 Å². The standard InChI is InChI=1S/C12H11NOS/c1-15-12-5-3-2-4-10(12)11-7-6-9(14)8-13-11/h2-8,14H,1H3. The maximum Gasteiger partial charge on any atom is 0.133 e. The summed E-state index contributed by atoms with van der Waals surface area (Å²) in [6.07, 6.45) is 3.51. The van der Waals surface area contributed by atoms with Gasteiger partial charge in [0.1, 0.15) is 5.75 Å². The predicted octanol–water partition coefficient (Wildman–Crippen LogP) is 3.18. The van der Waals surface area contributed by atoms with Gasteiger partial charge in [0.2, 0.25) is 0 Å². The largest absolute Gasteiger partial charge is 0.506 e. The third kappa shape index (κ3) is 2.13. The molecule has 0 unspecified atom stereocenters. The Bertz CT molecular complexity index is 453. The molecular weight excluding hydrogens is 206 g/mol. The maximum absolute atomic E-state index is 9.16. The highest BCUT2D eigenvalue weighted by molar-refractivity contribution is 7.98. The normalized spacial score (nSPS) is 10.2. The van der Waals surface area contributed by atoms with Crippen molar-refractivity contribution >= 4 is 11.8 Å². The van der Waals surface area contributed by atoms with Gasteiger partial charge in [0.25, 0.3) is 0 Å². The van der Waals surface area contributed by atoms with Gasteiger partial charge in [-0.15, -0.1) is 11.8 Å². The average molecular weight is 217 g/mol. The molecule has 15 heavy (non-hydrogen) atoms. The number of nitrogens with zero attached hydrogens (tertiary/aromatic N) is 1. The van der Waals surface area contributed by atoms with Gasteiger partial charge in [0.05, 0.1) is 11.9 Å². The van der Waals surface area contributed by atoms with Crippen LogP contribution in [0.3, 0.4) is 0 Å². The molecule has 0 aliphatic carbocycles. The quantitative estimate of drug-likeness (QED) is 0.784. The molecule has 0 amide bonds. The van der Waals surface area contributed by atoms with E-state index in [1.165, 1.54) is 11.1 Å². The van der Waals surface area contributed by atoms with E-state index in [2.05, 4.69) is 11.1 Å². The van der Waals surface area contributed by atoms with Crippen LogP contribution in [0.2, 0.25) is 0 Å². The fourth-order valence-electron chi connectivity index (χ4n) is 1.40. The van der Waals surface area contributed by atoms with Crippen LogP contribution in [0.5, 0.6) is 5.75 Å². The van der Waals surface area contributed by atoms with E-state index in [4.69, 9.17) is 5.11 Å². The van der Waals surface area contributed by atoms with Crippen LogP contribution in [0.4, 0.5) is 0 Å². The molecule has 0 bridgehead atoms. The Balaban J connectivity index is 2.49. The first-order valence-corrected chi connectivity index (χ1v) is 5.82. The summed E-state index contributed by atoms with van der Waals surface area (Å²) in [5.41, 5.74) is 1.99. The zero-order valence-corrected chi connectivity index (χ0v) is 9.16. The summed E-state index contributed by atoms with van der Waals surface area (Å²) < 4.78 is 0. The molecule has 1 N–H and O–H groups in total. The number of hydrogen-bond acceptors (Lipinski definition) is 3. The van der Waals surface area contributed by atoms with Crippen molar-refractivity contribution in [3.8, 4) is 17.0 Å². The Morgan fingerprint density at radius 1 is 1.13 bits per heavy atom. The second kappa shape index (κ2) is 4.36. The molecule has 1 aromatic heterocycles. The number of hydrogen-bond donors (Lipinski definition) is 1. The summed E-state index contributed by atoms with van der Waals surface area (Å²) in [7, 11) is 0. The minimum Gasteiger partial charge on any atom is -0.506 e. The van der Waals surface area contributed by atoms with E-state index in [9.17, 15) is 0 Å². The van der Waals surface area contributed by atoms with Gasteiger partial charge in [0.15, 0.2) is 0 Å². The molecule has 1 heterocycles. The van der Waals surface area contributed by atoms with Gasteiger partial charge >= 0.3 is 0 Å². The van der Waals surface area contributed by atoms with E-state index < -0.39 is 0 Å². The minimum atomic E-state index is 0.195.